The van der Waals surface area contributed by atoms with E-state index in [0.29, 0.717) is 0 Å². The molecular formula is C28H52NO2+. The zero-order valence-electron chi connectivity index (χ0n) is 20.6. The molecule has 0 unspecified atom stereocenters. The van der Waals surface area contributed by atoms with Crippen molar-refractivity contribution in [1.82, 2.24) is 0 Å². The van der Waals surface area contributed by atoms with Crippen LogP contribution in [0.4, 0.5) is 0 Å². The summed E-state index contributed by atoms with van der Waals surface area (Å²) in [5, 5.41) is 19.3. The van der Waals surface area contributed by atoms with E-state index in [-0.39, 0.29) is 13.2 Å². The van der Waals surface area contributed by atoms with Gasteiger partial charge in [-0.05, 0) is 12.8 Å². The Balaban J connectivity index is 2.10. The van der Waals surface area contributed by atoms with E-state index in [1.54, 1.807) is 0 Å². The minimum Gasteiger partial charge on any atom is -0.391 e. The highest BCUT2D eigenvalue weighted by molar-refractivity contribution is 5.13. The van der Waals surface area contributed by atoms with Crippen LogP contribution in [0.25, 0.3) is 0 Å². The van der Waals surface area contributed by atoms with Gasteiger partial charge in [0.05, 0.1) is 19.8 Å². The lowest BCUT2D eigenvalue weighted by molar-refractivity contribution is -0.941. The van der Waals surface area contributed by atoms with Crippen molar-refractivity contribution in [2.24, 2.45) is 0 Å². The molecule has 3 heteroatoms. The maximum absolute atomic E-state index is 9.63. The van der Waals surface area contributed by atoms with Crippen LogP contribution in [0.15, 0.2) is 30.3 Å². The standard InChI is InChI=1S/C28H52NO2/c1-2-3-4-5-6-7-8-9-10-11-12-13-14-15-19-22-29(23-25-30,24-26-31)27-28-20-17-16-18-21-28/h16-18,20-21,30-31H,2-15,19,22-27H2,1H3/q+1. The van der Waals surface area contributed by atoms with Gasteiger partial charge in [-0.25, -0.2) is 0 Å². The summed E-state index contributed by atoms with van der Waals surface area (Å²) in [4.78, 5) is 0. The summed E-state index contributed by atoms with van der Waals surface area (Å²) in [6.07, 6.45) is 20.7. The molecule has 0 aliphatic rings. The number of unbranched alkanes of at least 4 members (excludes halogenated alkanes) is 14. The van der Waals surface area contributed by atoms with Gasteiger partial charge in [-0.15, -0.1) is 0 Å². The fourth-order valence-corrected chi connectivity index (χ4v) is 4.79. The van der Waals surface area contributed by atoms with Crippen LogP contribution >= 0.6 is 0 Å². The minimum absolute atomic E-state index is 0.186. The molecule has 2 N–H and O–H groups in total. The van der Waals surface area contributed by atoms with Gasteiger partial charge in [-0.1, -0.05) is 121 Å². The number of rotatable bonds is 22. The first kappa shape index (κ1) is 28.1. The molecule has 0 atom stereocenters. The van der Waals surface area contributed by atoms with Gasteiger partial charge in [0.2, 0.25) is 0 Å². The van der Waals surface area contributed by atoms with Gasteiger partial charge in [0, 0.05) is 5.56 Å². The lowest BCUT2D eigenvalue weighted by Gasteiger charge is -2.38. The molecule has 1 aromatic carbocycles. The average molecular weight is 435 g/mol. The molecule has 0 saturated heterocycles. The van der Waals surface area contributed by atoms with E-state index in [4.69, 9.17) is 0 Å². The van der Waals surface area contributed by atoms with Crippen molar-refractivity contribution in [3.63, 3.8) is 0 Å². The molecular weight excluding hydrogens is 382 g/mol. The molecule has 0 saturated carbocycles. The summed E-state index contributed by atoms with van der Waals surface area (Å²) in [6.45, 7) is 6.07. The van der Waals surface area contributed by atoms with E-state index in [1.807, 2.05) is 6.07 Å². The van der Waals surface area contributed by atoms with Gasteiger partial charge in [-0.2, -0.15) is 0 Å². The Bertz CT molecular complexity index is 485. The Kier molecular flexibility index (Phi) is 17.9. The van der Waals surface area contributed by atoms with Crippen LogP contribution < -0.4 is 0 Å². The number of aliphatic hydroxyl groups excluding tert-OH is 2. The second kappa shape index (κ2) is 19.8. The van der Waals surface area contributed by atoms with Crippen LogP contribution in [-0.4, -0.2) is 47.5 Å². The van der Waals surface area contributed by atoms with Crippen molar-refractivity contribution < 1.29 is 14.7 Å². The number of nitrogens with zero attached hydrogens (tertiary/aromatic N) is 1. The maximum Gasteiger partial charge on any atom is 0.104 e. The van der Waals surface area contributed by atoms with Crippen LogP contribution in [0.5, 0.6) is 0 Å². The zero-order chi connectivity index (χ0) is 22.5. The summed E-state index contributed by atoms with van der Waals surface area (Å²) >= 11 is 0. The van der Waals surface area contributed by atoms with E-state index in [1.165, 1.54) is 102 Å². The Morgan fingerprint density at radius 2 is 0.968 bits per heavy atom. The van der Waals surface area contributed by atoms with Crippen molar-refractivity contribution in [1.29, 1.82) is 0 Å². The normalized spacial score (nSPS) is 11.8. The molecule has 1 rings (SSSR count). The summed E-state index contributed by atoms with van der Waals surface area (Å²) in [7, 11) is 0. The smallest absolute Gasteiger partial charge is 0.104 e. The first-order chi connectivity index (χ1) is 15.3. The molecule has 0 spiro atoms. The first-order valence-electron chi connectivity index (χ1n) is 13.4. The van der Waals surface area contributed by atoms with E-state index in [2.05, 4.69) is 31.2 Å². The summed E-state index contributed by atoms with van der Waals surface area (Å²) in [5.41, 5.74) is 1.30. The molecule has 0 aromatic heterocycles. The van der Waals surface area contributed by atoms with Gasteiger partial charge in [0.25, 0.3) is 0 Å². The quantitative estimate of drug-likeness (QED) is 0.155. The van der Waals surface area contributed by atoms with Gasteiger partial charge in [0.15, 0.2) is 0 Å². The average Bonchev–Trinajstić information content (AvgIpc) is 2.77. The highest BCUT2D eigenvalue weighted by Gasteiger charge is 2.26. The fourth-order valence-electron chi connectivity index (χ4n) is 4.79. The molecule has 0 aliphatic carbocycles. The topological polar surface area (TPSA) is 40.5 Å². The Morgan fingerprint density at radius 3 is 1.39 bits per heavy atom. The number of benzene rings is 1. The first-order valence-corrected chi connectivity index (χ1v) is 13.4. The lowest BCUT2D eigenvalue weighted by atomic mass is 10.0. The third-order valence-electron chi connectivity index (χ3n) is 6.75. The molecule has 0 amide bonds. The molecule has 0 heterocycles. The molecule has 0 bridgehead atoms. The van der Waals surface area contributed by atoms with Crippen LogP contribution in [-0.2, 0) is 6.54 Å². The molecule has 3 nitrogen and oxygen atoms in total. The van der Waals surface area contributed by atoms with Crippen LogP contribution in [0.3, 0.4) is 0 Å². The molecule has 0 radical (unpaired) electrons. The highest BCUT2D eigenvalue weighted by Crippen LogP contribution is 2.18. The Hall–Kier alpha value is -0.900. The molecule has 1 aromatic rings. The van der Waals surface area contributed by atoms with Crippen molar-refractivity contribution in [3.8, 4) is 0 Å². The number of quaternary nitrogens is 1. The van der Waals surface area contributed by atoms with Gasteiger partial charge in [-0.3, -0.25) is 0 Å². The second-order valence-corrected chi connectivity index (χ2v) is 9.55. The summed E-state index contributed by atoms with van der Waals surface area (Å²) in [5.74, 6) is 0. The van der Waals surface area contributed by atoms with E-state index >= 15 is 0 Å². The minimum atomic E-state index is 0.186. The number of aliphatic hydroxyl groups is 2. The van der Waals surface area contributed by atoms with E-state index in [9.17, 15) is 10.2 Å². The predicted molar refractivity (Wildman–Crippen MR) is 134 cm³/mol. The zero-order valence-corrected chi connectivity index (χ0v) is 20.6. The maximum atomic E-state index is 9.63. The lowest BCUT2D eigenvalue weighted by Crippen LogP contribution is -2.51. The predicted octanol–water partition coefficient (Wildman–Crippen LogP) is 6.86. The number of hydrogen-bond acceptors (Lipinski definition) is 2. The van der Waals surface area contributed by atoms with Crippen LogP contribution in [0.2, 0.25) is 0 Å². The molecule has 180 valence electrons. The van der Waals surface area contributed by atoms with Crippen LogP contribution in [0, 0.1) is 0 Å². The van der Waals surface area contributed by atoms with E-state index in [0.717, 1.165) is 30.7 Å². The van der Waals surface area contributed by atoms with Crippen molar-refractivity contribution >= 4 is 0 Å². The number of hydrogen-bond donors (Lipinski definition) is 2. The highest BCUT2D eigenvalue weighted by atomic mass is 16.3. The molecule has 31 heavy (non-hydrogen) atoms. The van der Waals surface area contributed by atoms with Crippen molar-refractivity contribution in [3.05, 3.63) is 35.9 Å². The van der Waals surface area contributed by atoms with E-state index < -0.39 is 0 Å². The molecule has 0 aliphatic heterocycles. The van der Waals surface area contributed by atoms with Crippen molar-refractivity contribution in [2.75, 3.05) is 32.8 Å². The fraction of sp³-hybridized carbons (Fsp3) is 0.786. The largest absolute Gasteiger partial charge is 0.391 e. The van der Waals surface area contributed by atoms with Gasteiger partial charge < -0.3 is 14.7 Å². The Labute approximate surface area is 193 Å². The monoisotopic (exact) mass is 434 g/mol. The second-order valence-electron chi connectivity index (χ2n) is 9.55. The van der Waals surface area contributed by atoms with Gasteiger partial charge >= 0.3 is 0 Å². The third kappa shape index (κ3) is 14.7. The molecule has 0 fully saturated rings. The summed E-state index contributed by atoms with van der Waals surface area (Å²) in [6, 6.07) is 10.5. The Morgan fingerprint density at radius 1 is 0.548 bits per heavy atom. The SMILES string of the molecule is CCCCCCCCCCCCCCCCC[N+](CCO)(CCO)Cc1ccccc1. The van der Waals surface area contributed by atoms with Gasteiger partial charge in [0.1, 0.15) is 19.6 Å². The van der Waals surface area contributed by atoms with Crippen molar-refractivity contribution in [2.45, 2.75) is 110 Å². The summed E-state index contributed by atoms with van der Waals surface area (Å²) < 4.78 is 0.801. The third-order valence-corrected chi connectivity index (χ3v) is 6.75. The van der Waals surface area contributed by atoms with Crippen LogP contribution in [0.1, 0.15) is 109 Å².